The number of carboxylic acids is 1. The number of fused-ring (bicyclic) bond motifs is 1. The van der Waals surface area contributed by atoms with E-state index in [4.69, 9.17) is 5.11 Å². The molecule has 0 aliphatic heterocycles. The predicted octanol–water partition coefficient (Wildman–Crippen LogP) is 0.983. The Labute approximate surface area is 82.0 Å². The summed E-state index contributed by atoms with van der Waals surface area (Å²) < 4.78 is 0. The maximum atomic E-state index is 10.5. The Balaban J connectivity index is 2.24. The molecule has 0 bridgehead atoms. The quantitative estimate of drug-likeness (QED) is 0.758. The lowest BCUT2D eigenvalue weighted by molar-refractivity contribution is -0.136. The van der Waals surface area contributed by atoms with E-state index in [1.165, 1.54) is 6.42 Å². The molecular formula is C10H12N2O2. The van der Waals surface area contributed by atoms with Gasteiger partial charge in [-0.1, -0.05) is 0 Å². The SMILES string of the molecule is O=C(O)Cc1cnc2c(n1)CCCC2. The molecule has 1 aromatic heterocycles. The first-order valence-electron chi connectivity index (χ1n) is 4.81. The molecule has 1 aliphatic rings. The number of aliphatic carboxylic acids is 1. The summed E-state index contributed by atoms with van der Waals surface area (Å²) >= 11 is 0. The van der Waals surface area contributed by atoms with E-state index in [2.05, 4.69) is 9.97 Å². The molecule has 0 saturated carbocycles. The summed E-state index contributed by atoms with van der Waals surface area (Å²) in [6, 6.07) is 0. The van der Waals surface area contributed by atoms with E-state index in [-0.39, 0.29) is 6.42 Å². The largest absolute Gasteiger partial charge is 0.481 e. The highest BCUT2D eigenvalue weighted by atomic mass is 16.4. The third kappa shape index (κ3) is 1.89. The van der Waals surface area contributed by atoms with Crippen LogP contribution in [0, 0.1) is 0 Å². The van der Waals surface area contributed by atoms with Crippen LogP contribution in [0.4, 0.5) is 0 Å². The third-order valence-corrected chi connectivity index (χ3v) is 2.39. The number of rotatable bonds is 2. The van der Waals surface area contributed by atoms with Crippen molar-refractivity contribution in [2.75, 3.05) is 0 Å². The molecule has 4 heteroatoms. The first kappa shape index (κ1) is 9.12. The van der Waals surface area contributed by atoms with Gasteiger partial charge in [-0.2, -0.15) is 0 Å². The van der Waals surface area contributed by atoms with E-state index < -0.39 is 5.97 Å². The molecule has 14 heavy (non-hydrogen) atoms. The van der Waals surface area contributed by atoms with Crippen LogP contribution in [0.3, 0.4) is 0 Å². The van der Waals surface area contributed by atoms with E-state index in [9.17, 15) is 4.79 Å². The minimum atomic E-state index is -0.852. The minimum Gasteiger partial charge on any atom is -0.481 e. The molecular weight excluding hydrogens is 180 g/mol. The molecule has 0 radical (unpaired) electrons. The molecule has 0 atom stereocenters. The maximum absolute atomic E-state index is 10.5. The summed E-state index contributed by atoms with van der Waals surface area (Å²) in [5.41, 5.74) is 2.61. The van der Waals surface area contributed by atoms with E-state index in [1.807, 2.05) is 0 Å². The zero-order valence-electron chi connectivity index (χ0n) is 7.86. The third-order valence-electron chi connectivity index (χ3n) is 2.39. The second-order valence-corrected chi connectivity index (χ2v) is 3.53. The van der Waals surface area contributed by atoms with Gasteiger partial charge in [-0.15, -0.1) is 0 Å². The van der Waals surface area contributed by atoms with Crippen molar-refractivity contribution in [2.24, 2.45) is 0 Å². The summed E-state index contributed by atoms with van der Waals surface area (Å²) in [5, 5.41) is 8.60. The van der Waals surface area contributed by atoms with Gasteiger partial charge in [-0.3, -0.25) is 14.8 Å². The van der Waals surface area contributed by atoms with E-state index in [1.54, 1.807) is 6.20 Å². The van der Waals surface area contributed by atoms with Crippen LogP contribution in [0.15, 0.2) is 6.20 Å². The molecule has 2 rings (SSSR count). The summed E-state index contributed by atoms with van der Waals surface area (Å²) in [7, 11) is 0. The summed E-state index contributed by atoms with van der Waals surface area (Å²) in [6.45, 7) is 0. The second kappa shape index (κ2) is 3.74. The highest BCUT2D eigenvalue weighted by Crippen LogP contribution is 2.17. The molecule has 4 nitrogen and oxygen atoms in total. The van der Waals surface area contributed by atoms with Crippen LogP contribution < -0.4 is 0 Å². The topological polar surface area (TPSA) is 63.1 Å². The van der Waals surface area contributed by atoms with Crippen molar-refractivity contribution in [3.8, 4) is 0 Å². The first-order chi connectivity index (χ1) is 6.75. The number of aryl methyl sites for hydroxylation is 2. The first-order valence-corrected chi connectivity index (χ1v) is 4.81. The van der Waals surface area contributed by atoms with Crippen LogP contribution in [0.1, 0.15) is 29.9 Å². The van der Waals surface area contributed by atoms with Crippen molar-refractivity contribution >= 4 is 5.97 Å². The van der Waals surface area contributed by atoms with Gasteiger partial charge in [0.05, 0.1) is 23.5 Å². The van der Waals surface area contributed by atoms with Crippen LogP contribution in [-0.4, -0.2) is 21.0 Å². The normalized spacial score (nSPS) is 14.9. The predicted molar refractivity (Wildman–Crippen MR) is 50.0 cm³/mol. The average Bonchev–Trinajstić information content (AvgIpc) is 2.17. The monoisotopic (exact) mass is 192 g/mol. The zero-order chi connectivity index (χ0) is 9.97. The highest BCUT2D eigenvalue weighted by Gasteiger charge is 2.13. The number of carboxylic acid groups (broad SMARTS) is 1. The van der Waals surface area contributed by atoms with Crippen LogP contribution in [0.2, 0.25) is 0 Å². The van der Waals surface area contributed by atoms with Gasteiger partial charge < -0.3 is 5.11 Å². The Morgan fingerprint density at radius 1 is 1.36 bits per heavy atom. The second-order valence-electron chi connectivity index (χ2n) is 3.53. The Morgan fingerprint density at radius 3 is 2.79 bits per heavy atom. The lowest BCUT2D eigenvalue weighted by Crippen LogP contribution is -2.11. The molecule has 1 aliphatic carbocycles. The molecule has 0 unspecified atom stereocenters. The van der Waals surface area contributed by atoms with Crippen molar-refractivity contribution in [1.29, 1.82) is 0 Å². The van der Waals surface area contributed by atoms with Crippen molar-refractivity contribution in [1.82, 2.24) is 9.97 Å². The molecule has 1 heterocycles. The van der Waals surface area contributed by atoms with Gasteiger partial charge in [0.15, 0.2) is 0 Å². The molecule has 0 aromatic carbocycles. The molecule has 1 N–H and O–H groups in total. The Kier molecular flexibility index (Phi) is 2.43. The van der Waals surface area contributed by atoms with Gasteiger partial charge in [-0.05, 0) is 25.7 Å². The number of hydrogen-bond acceptors (Lipinski definition) is 3. The molecule has 74 valence electrons. The maximum Gasteiger partial charge on any atom is 0.309 e. The molecule has 0 spiro atoms. The van der Waals surface area contributed by atoms with Crippen molar-refractivity contribution in [2.45, 2.75) is 32.1 Å². The zero-order valence-corrected chi connectivity index (χ0v) is 7.86. The standard InChI is InChI=1S/C10H12N2O2/c13-10(14)5-7-6-11-8-3-1-2-4-9(8)12-7/h6H,1-5H2,(H,13,14). The van der Waals surface area contributed by atoms with Gasteiger partial charge in [0, 0.05) is 6.20 Å². The average molecular weight is 192 g/mol. The van der Waals surface area contributed by atoms with Crippen LogP contribution in [0.25, 0.3) is 0 Å². The lowest BCUT2D eigenvalue weighted by atomic mass is 10.0. The van der Waals surface area contributed by atoms with Crippen LogP contribution >= 0.6 is 0 Å². The van der Waals surface area contributed by atoms with Gasteiger partial charge in [0.2, 0.25) is 0 Å². The number of carbonyl (C=O) groups is 1. The van der Waals surface area contributed by atoms with Gasteiger partial charge >= 0.3 is 5.97 Å². The van der Waals surface area contributed by atoms with Crippen LogP contribution in [0.5, 0.6) is 0 Å². The number of aromatic nitrogens is 2. The molecule has 0 saturated heterocycles. The van der Waals surface area contributed by atoms with Crippen LogP contribution in [-0.2, 0) is 24.1 Å². The van der Waals surface area contributed by atoms with Gasteiger partial charge in [-0.25, -0.2) is 0 Å². The fourth-order valence-corrected chi connectivity index (χ4v) is 1.73. The Bertz CT molecular complexity index is 363. The minimum absolute atomic E-state index is 0.0275. The molecule has 0 amide bonds. The smallest absolute Gasteiger partial charge is 0.309 e. The highest BCUT2D eigenvalue weighted by molar-refractivity contribution is 5.69. The fourth-order valence-electron chi connectivity index (χ4n) is 1.73. The van der Waals surface area contributed by atoms with E-state index in [0.717, 1.165) is 30.7 Å². The van der Waals surface area contributed by atoms with Crippen molar-refractivity contribution in [3.63, 3.8) is 0 Å². The number of nitrogens with zero attached hydrogens (tertiary/aromatic N) is 2. The Morgan fingerprint density at radius 2 is 2.07 bits per heavy atom. The molecule has 0 fully saturated rings. The summed E-state index contributed by atoms with van der Waals surface area (Å²) in [6.07, 6.45) is 5.78. The summed E-state index contributed by atoms with van der Waals surface area (Å²) in [5.74, 6) is -0.852. The van der Waals surface area contributed by atoms with Crippen molar-refractivity contribution < 1.29 is 9.90 Å². The van der Waals surface area contributed by atoms with Crippen molar-refractivity contribution in [3.05, 3.63) is 23.3 Å². The molecule has 1 aromatic rings. The fraction of sp³-hybridized carbons (Fsp3) is 0.500. The lowest BCUT2D eigenvalue weighted by Gasteiger charge is -2.13. The Hall–Kier alpha value is -1.45. The summed E-state index contributed by atoms with van der Waals surface area (Å²) in [4.78, 5) is 19.0. The van der Waals surface area contributed by atoms with Gasteiger partial charge in [0.25, 0.3) is 0 Å². The number of hydrogen-bond donors (Lipinski definition) is 1. The van der Waals surface area contributed by atoms with Gasteiger partial charge in [0.1, 0.15) is 0 Å². The van der Waals surface area contributed by atoms with E-state index >= 15 is 0 Å². The van der Waals surface area contributed by atoms with E-state index in [0.29, 0.717) is 5.69 Å².